The SMILES string of the molecule is C#C.C/C=C(\C=C1\C=CC=CC1)c1c(N=C(CC)c2ccc(C)c(C)c2)c(C)c(-c2ccc3ccccc3c2)c2ccccc12.C=C(C(=C)c1ccccc1)/C(=C/C=C\C)CC.Cc1ccccc1. The van der Waals surface area contributed by atoms with Gasteiger partial charge in [-0.05, 0) is 161 Å². The topological polar surface area (TPSA) is 12.4 Å². The Morgan fingerprint density at radius 3 is 1.90 bits per heavy atom. The van der Waals surface area contributed by atoms with Crippen molar-refractivity contribution in [2.24, 2.45) is 4.99 Å². The van der Waals surface area contributed by atoms with Crippen molar-refractivity contribution in [2.45, 2.75) is 74.7 Å². The van der Waals surface area contributed by atoms with Crippen LogP contribution in [0.5, 0.6) is 0 Å². The van der Waals surface area contributed by atoms with E-state index in [0.717, 1.165) is 47.4 Å². The lowest BCUT2D eigenvalue weighted by Crippen LogP contribution is -2.02. The van der Waals surface area contributed by atoms with E-state index in [4.69, 9.17) is 4.99 Å². The normalized spacial score (nSPS) is 13.0. The molecule has 0 unspecified atom stereocenters. The van der Waals surface area contributed by atoms with E-state index in [1.165, 1.54) is 82.8 Å². The van der Waals surface area contributed by atoms with E-state index >= 15 is 0 Å². The van der Waals surface area contributed by atoms with Gasteiger partial charge in [-0.15, -0.1) is 12.8 Å². The van der Waals surface area contributed by atoms with Crippen LogP contribution in [-0.4, -0.2) is 5.71 Å². The molecule has 0 N–H and O–H groups in total. The van der Waals surface area contributed by atoms with Gasteiger partial charge in [-0.2, -0.15) is 0 Å². The van der Waals surface area contributed by atoms with Crippen LogP contribution in [-0.2, 0) is 0 Å². The van der Waals surface area contributed by atoms with E-state index < -0.39 is 0 Å². The van der Waals surface area contributed by atoms with E-state index in [0.29, 0.717) is 0 Å². The molecule has 0 saturated carbocycles. The highest BCUT2D eigenvalue weighted by Gasteiger charge is 2.21. The monoisotopic (exact) mass is 900 g/mol. The Morgan fingerprint density at radius 2 is 1.30 bits per heavy atom. The largest absolute Gasteiger partial charge is 0.252 e. The summed E-state index contributed by atoms with van der Waals surface area (Å²) < 4.78 is 0. The third-order valence-electron chi connectivity index (χ3n) is 12.4. The average molecular weight is 900 g/mol. The number of terminal acetylenes is 1. The first-order valence-corrected chi connectivity index (χ1v) is 24.1. The van der Waals surface area contributed by atoms with Crippen LogP contribution >= 0.6 is 0 Å². The number of nitrogens with zero attached hydrogens (tertiary/aromatic N) is 1. The molecule has 8 rings (SSSR count). The van der Waals surface area contributed by atoms with Crippen molar-refractivity contribution in [3.05, 3.63) is 269 Å². The second-order valence-corrected chi connectivity index (χ2v) is 17.0. The van der Waals surface area contributed by atoms with Crippen LogP contribution in [0.4, 0.5) is 5.69 Å². The standard InChI is InChI=1S/C42H39N.C17H20.C7H8.C2H2/c1-6-32(26-31-15-9-8-10-16-31)41-38-20-14-13-19-37(38)40(36-24-23-33-17-11-12-18-34(33)27-36)30(5)42(41)43-39(7-2)35-22-21-28(3)29(4)25-35;1-5-7-11-16(6-2)14(3)15(4)17-12-9-8-10-13-17;1-7-5-3-2-4-6-7;1-2/h6,8-15,17-27H,7,16H2,1-5H3;5,7-13H,3-4,6H2,1-2H3;2-6H,1H3;1-2H/b31-26-,32-6+,43-39?;7-5-,16-11+;;. The lowest BCUT2D eigenvalue weighted by Gasteiger charge is -2.21. The van der Waals surface area contributed by atoms with Gasteiger partial charge in [-0.1, -0.05) is 221 Å². The number of aryl methyl sites for hydroxylation is 3. The number of rotatable bonds is 11. The predicted molar refractivity (Wildman–Crippen MR) is 308 cm³/mol. The van der Waals surface area contributed by atoms with Gasteiger partial charge in [0.2, 0.25) is 0 Å². The summed E-state index contributed by atoms with van der Waals surface area (Å²) in [5, 5.41) is 4.98. The van der Waals surface area contributed by atoms with Crippen LogP contribution in [0.25, 0.3) is 43.8 Å². The first-order valence-electron chi connectivity index (χ1n) is 24.1. The Labute approximate surface area is 414 Å². The third kappa shape index (κ3) is 13.7. The van der Waals surface area contributed by atoms with E-state index in [2.05, 4.69) is 226 Å². The van der Waals surface area contributed by atoms with Crippen molar-refractivity contribution < 1.29 is 0 Å². The third-order valence-corrected chi connectivity index (χ3v) is 12.4. The van der Waals surface area contributed by atoms with Gasteiger partial charge in [0.05, 0.1) is 5.69 Å². The van der Waals surface area contributed by atoms with Crippen molar-refractivity contribution in [2.75, 3.05) is 0 Å². The second-order valence-electron chi connectivity index (χ2n) is 17.0. The fraction of sp³-hybridized carbons (Fsp3) is 0.162. The molecule has 1 nitrogen and oxygen atoms in total. The molecule has 0 saturated heterocycles. The summed E-state index contributed by atoms with van der Waals surface area (Å²) in [6, 6.07) is 51.5. The molecular weight excluding hydrogens is 831 g/mol. The molecule has 346 valence electrons. The molecule has 0 aromatic heterocycles. The summed E-state index contributed by atoms with van der Waals surface area (Å²) >= 11 is 0. The molecule has 0 spiro atoms. The van der Waals surface area contributed by atoms with Crippen molar-refractivity contribution in [3.8, 4) is 24.0 Å². The maximum absolute atomic E-state index is 5.59. The molecule has 1 aliphatic rings. The zero-order valence-electron chi connectivity index (χ0n) is 42.2. The fourth-order valence-electron chi connectivity index (χ4n) is 8.43. The molecule has 1 aliphatic carbocycles. The number of fused-ring (bicyclic) bond motifs is 2. The summed E-state index contributed by atoms with van der Waals surface area (Å²) in [5.41, 5.74) is 19.1. The maximum atomic E-state index is 5.59. The van der Waals surface area contributed by atoms with Crippen molar-refractivity contribution in [3.63, 3.8) is 0 Å². The van der Waals surface area contributed by atoms with E-state index in [9.17, 15) is 0 Å². The van der Waals surface area contributed by atoms with Crippen molar-refractivity contribution in [1.82, 2.24) is 0 Å². The average Bonchev–Trinajstić information content (AvgIpc) is 3.39. The van der Waals surface area contributed by atoms with Crippen LogP contribution < -0.4 is 0 Å². The highest BCUT2D eigenvalue weighted by molar-refractivity contribution is 6.12. The van der Waals surface area contributed by atoms with E-state index in [-0.39, 0.29) is 0 Å². The lowest BCUT2D eigenvalue weighted by molar-refractivity contribution is 1.13. The Morgan fingerprint density at radius 1 is 0.652 bits per heavy atom. The first-order chi connectivity index (χ1) is 33.6. The Balaban J connectivity index is 0.000000280. The zero-order valence-corrected chi connectivity index (χ0v) is 42.2. The van der Waals surface area contributed by atoms with Crippen molar-refractivity contribution >= 4 is 44.1 Å². The molecular formula is C68H69N. The second kappa shape index (κ2) is 26.5. The van der Waals surface area contributed by atoms with Gasteiger partial charge in [0, 0.05) is 11.3 Å². The van der Waals surface area contributed by atoms with Crippen LogP contribution in [0.1, 0.15) is 85.9 Å². The number of hydrogen-bond donors (Lipinski definition) is 0. The molecule has 1 heteroatoms. The van der Waals surface area contributed by atoms with Gasteiger partial charge >= 0.3 is 0 Å². The van der Waals surface area contributed by atoms with Gasteiger partial charge in [0.1, 0.15) is 0 Å². The van der Waals surface area contributed by atoms with Crippen molar-refractivity contribution in [1.29, 1.82) is 0 Å². The Hall–Kier alpha value is -7.79. The molecule has 0 radical (unpaired) electrons. The highest BCUT2D eigenvalue weighted by Crippen LogP contribution is 2.45. The Kier molecular flexibility index (Phi) is 20.1. The number of benzene rings is 7. The number of hydrogen-bond acceptors (Lipinski definition) is 1. The summed E-state index contributed by atoms with van der Waals surface area (Å²) in [4.78, 5) is 5.59. The molecule has 0 atom stereocenters. The molecule has 7 aromatic rings. The summed E-state index contributed by atoms with van der Waals surface area (Å²) in [5.74, 6) is 0. The predicted octanol–water partition coefficient (Wildman–Crippen LogP) is 19.4. The molecule has 0 heterocycles. The summed E-state index contributed by atoms with van der Waals surface area (Å²) in [6.45, 7) is 25.5. The minimum atomic E-state index is 0.847. The minimum absolute atomic E-state index is 0.847. The molecule has 0 amide bonds. The molecule has 69 heavy (non-hydrogen) atoms. The van der Waals surface area contributed by atoms with Gasteiger partial charge in [-0.25, -0.2) is 0 Å². The summed E-state index contributed by atoms with van der Waals surface area (Å²) in [6.07, 6.45) is 30.2. The van der Waals surface area contributed by atoms with E-state index in [1.807, 2.05) is 55.5 Å². The number of allylic oxidation sites excluding steroid dienone is 14. The zero-order chi connectivity index (χ0) is 49.7. The Bertz CT molecular complexity index is 3120. The molecule has 0 bridgehead atoms. The van der Waals surface area contributed by atoms with Gasteiger partial charge < -0.3 is 0 Å². The molecule has 0 aliphatic heterocycles. The van der Waals surface area contributed by atoms with Crippen LogP contribution in [0.2, 0.25) is 0 Å². The molecule has 0 fully saturated rings. The van der Waals surface area contributed by atoms with Crippen LogP contribution in [0.15, 0.2) is 235 Å². The quantitative estimate of drug-likeness (QED) is 0.0697. The van der Waals surface area contributed by atoms with Gasteiger partial charge in [-0.3, -0.25) is 4.99 Å². The van der Waals surface area contributed by atoms with Crippen LogP contribution in [0.3, 0.4) is 0 Å². The number of aliphatic imine (C=N–C) groups is 1. The van der Waals surface area contributed by atoms with Gasteiger partial charge in [0.25, 0.3) is 0 Å². The minimum Gasteiger partial charge on any atom is -0.252 e. The maximum Gasteiger partial charge on any atom is 0.0753 e. The smallest absolute Gasteiger partial charge is 0.0753 e. The lowest BCUT2D eigenvalue weighted by atomic mass is 9.85. The van der Waals surface area contributed by atoms with E-state index in [1.54, 1.807) is 0 Å². The first kappa shape index (κ1) is 52.2. The highest BCUT2D eigenvalue weighted by atomic mass is 14.8. The van der Waals surface area contributed by atoms with Gasteiger partial charge in [0.15, 0.2) is 0 Å². The fourth-order valence-corrected chi connectivity index (χ4v) is 8.43. The molecule has 7 aromatic carbocycles. The van der Waals surface area contributed by atoms with Crippen LogP contribution in [0, 0.1) is 40.5 Å². The summed E-state index contributed by atoms with van der Waals surface area (Å²) in [7, 11) is 0.